The summed E-state index contributed by atoms with van der Waals surface area (Å²) >= 11 is 0. The zero-order valence-corrected chi connectivity index (χ0v) is 19.3. The van der Waals surface area contributed by atoms with Gasteiger partial charge in [-0.3, -0.25) is 0 Å². The van der Waals surface area contributed by atoms with Gasteiger partial charge in [-0.15, -0.1) is 0 Å². The molecule has 3 rings (SSSR count). The molecule has 170 valence electrons. The van der Waals surface area contributed by atoms with E-state index < -0.39 is 11.6 Å². The monoisotopic (exact) mass is 428 g/mol. The van der Waals surface area contributed by atoms with Crippen molar-refractivity contribution in [3.63, 3.8) is 0 Å². The number of unbranched alkanes of at least 4 members (excludes halogenated alkanes) is 5. The molecule has 2 aromatic carbocycles. The molecule has 0 unspecified atom stereocenters. The molecule has 1 fully saturated rings. The molecule has 2 aromatic rings. The second-order valence-corrected chi connectivity index (χ2v) is 9.37. The quantitative estimate of drug-likeness (QED) is 0.325. The zero-order valence-electron chi connectivity index (χ0n) is 19.3. The Labute approximate surface area is 187 Å². The van der Waals surface area contributed by atoms with Crippen molar-refractivity contribution in [3.8, 4) is 16.9 Å². The van der Waals surface area contributed by atoms with E-state index in [1.165, 1.54) is 44.9 Å². The second kappa shape index (κ2) is 12.2. The first kappa shape index (κ1) is 23.8. The zero-order chi connectivity index (χ0) is 22.1. The summed E-state index contributed by atoms with van der Waals surface area (Å²) in [5.74, 6) is 0.597. The van der Waals surface area contributed by atoms with Gasteiger partial charge in [-0.2, -0.15) is 0 Å². The lowest BCUT2D eigenvalue weighted by molar-refractivity contribution is 0.286. The first-order valence-corrected chi connectivity index (χ1v) is 12.3. The summed E-state index contributed by atoms with van der Waals surface area (Å²) in [6.07, 6.45) is 12.6. The van der Waals surface area contributed by atoms with Gasteiger partial charge in [0.1, 0.15) is 5.75 Å². The smallest absolute Gasteiger partial charge is 0.166 e. The third-order valence-electron chi connectivity index (χ3n) is 6.74. The molecule has 1 saturated carbocycles. The molecule has 0 amide bonds. The molecule has 0 N–H and O–H groups in total. The number of halogens is 2. The van der Waals surface area contributed by atoms with Gasteiger partial charge in [0.2, 0.25) is 0 Å². The fraction of sp³-hybridized carbons (Fsp3) is 0.571. The Morgan fingerprint density at radius 3 is 2.19 bits per heavy atom. The van der Waals surface area contributed by atoms with Crippen molar-refractivity contribution in [1.82, 2.24) is 0 Å². The van der Waals surface area contributed by atoms with Crippen LogP contribution >= 0.6 is 0 Å². The van der Waals surface area contributed by atoms with Crippen LogP contribution < -0.4 is 4.74 Å². The number of ether oxygens (including phenoxy) is 1. The van der Waals surface area contributed by atoms with Gasteiger partial charge >= 0.3 is 0 Å². The molecular weight excluding hydrogens is 390 g/mol. The molecular formula is C28H38F2O. The van der Waals surface area contributed by atoms with Gasteiger partial charge in [-0.05, 0) is 60.8 Å². The minimum Gasteiger partial charge on any atom is -0.494 e. The fourth-order valence-corrected chi connectivity index (χ4v) is 4.62. The van der Waals surface area contributed by atoms with E-state index in [1.54, 1.807) is 12.1 Å². The minimum absolute atomic E-state index is 0.320. The predicted octanol–water partition coefficient (Wildman–Crippen LogP) is 8.74. The number of hydrogen-bond acceptors (Lipinski definition) is 1. The van der Waals surface area contributed by atoms with Gasteiger partial charge in [0.05, 0.1) is 6.61 Å². The Kier molecular flexibility index (Phi) is 9.36. The third kappa shape index (κ3) is 7.05. The van der Waals surface area contributed by atoms with Crippen LogP contribution in [0.15, 0.2) is 36.4 Å². The molecule has 3 heteroatoms. The van der Waals surface area contributed by atoms with Crippen molar-refractivity contribution < 1.29 is 13.5 Å². The first-order valence-electron chi connectivity index (χ1n) is 12.3. The summed E-state index contributed by atoms with van der Waals surface area (Å²) in [6, 6.07) is 10.8. The summed E-state index contributed by atoms with van der Waals surface area (Å²) < 4.78 is 35.4. The topological polar surface area (TPSA) is 9.23 Å². The molecule has 1 nitrogen and oxygen atoms in total. The lowest BCUT2D eigenvalue weighted by atomic mass is 9.80. The number of rotatable bonds is 11. The molecule has 0 atom stereocenters. The highest BCUT2D eigenvalue weighted by Crippen LogP contribution is 2.33. The van der Waals surface area contributed by atoms with Gasteiger partial charge in [0.25, 0.3) is 0 Å². The Morgan fingerprint density at radius 2 is 1.48 bits per heavy atom. The van der Waals surface area contributed by atoms with Gasteiger partial charge in [0, 0.05) is 5.56 Å². The summed E-state index contributed by atoms with van der Waals surface area (Å²) in [7, 11) is 0. The fourth-order valence-electron chi connectivity index (χ4n) is 4.62. The Bertz CT molecular complexity index is 791. The molecule has 0 radical (unpaired) electrons. The van der Waals surface area contributed by atoms with Crippen LogP contribution in [0.25, 0.3) is 11.1 Å². The van der Waals surface area contributed by atoms with Crippen molar-refractivity contribution in [2.45, 2.75) is 84.5 Å². The number of hydrogen-bond donors (Lipinski definition) is 0. The van der Waals surface area contributed by atoms with Crippen LogP contribution in [-0.2, 0) is 6.42 Å². The van der Waals surface area contributed by atoms with Crippen LogP contribution in [0.4, 0.5) is 8.78 Å². The van der Waals surface area contributed by atoms with E-state index in [4.69, 9.17) is 4.74 Å². The maximum atomic E-state index is 14.8. The van der Waals surface area contributed by atoms with Crippen LogP contribution in [0.3, 0.4) is 0 Å². The largest absolute Gasteiger partial charge is 0.494 e. The van der Waals surface area contributed by atoms with E-state index in [1.807, 2.05) is 24.3 Å². The highest BCUT2D eigenvalue weighted by molar-refractivity contribution is 5.65. The van der Waals surface area contributed by atoms with Crippen molar-refractivity contribution in [2.75, 3.05) is 6.61 Å². The summed E-state index contributed by atoms with van der Waals surface area (Å²) in [5, 5.41) is 0. The van der Waals surface area contributed by atoms with Gasteiger partial charge in [0.15, 0.2) is 11.6 Å². The van der Waals surface area contributed by atoms with Crippen molar-refractivity contribution in [1.29, 1.82) is 0 Å². The van der Waals surface area contributed by atoms with Gasteiger partial charge < -0.3 is 4.74 Å². The van der Waals surface area contributed by atoms with Gasteiger partial charge in [-0.25, -0.2) is 8.78 Å². The van der Waals surface area contributed by atoms with E-state index in [-0.39, 0.29) is 0 Å². The van der Waals surface area contributed by atoms with Crippen molar-refractivity contribution in [2.24, 2.45) is 11.8 Å². The van der Waals surface area contributed by atoms with Crippen LogP contribution in [0, 0.1) is 23.5 Å². The molecule has 0 aliphatic heterocycles. The first-order chi connectivity index (χ1) is 15.1. The van der Waals surface area contributed by atoms with E-state index in [0.29, 0.717) is 35.6 Å². The molecule has 1 aliphatic rings. The van der Waals surface area contributed by atoms with Crippen LogP contribution in [0.5, 0.6) is 5.75 Å². The molecule has 1 aliphatic carbocycles. The standard InChI is InChI=1S/C28H38F2O/c1-3-4-5-6-7-8-19-31-25-16-13-23(14-17-25)26-18-15-24(27(29)28(26)30)20-22-11-9-21(2)10-12-22/h13-18,21-22H,3-12,19-20H2,1-2H3. The SMILES string of the molecule is CCCCCCCCOc1ccc(-c2ccc(CC3CCC(C)CC3)c(F)c2F)cc1. The average molecular weight is 429 g/mol. The van der Waals surface area contributed by atoms with Crippen LogP contribution in [-0.4, -0.2) is 6.61 Å². The molecule has 0 aromatic heterocycles. The molecule has 0 bridgehead atoms. The maximum absolute atomic E-state index is 14.8. The van der Waals surface area contributed by atoms with E-state index in [2.05, 4.69) is 13.8 Å². The summed E-state index contributed by atoms with van der Waals surface area (Å²) in [5.41, 5.74) is 1.52. The van der Waals surface area contributed by atoms with E-state index in [0.717, 1.165) is 30.9 Å². The lowest BCUT2D eigenvalue weighted by Gasteiger charge is -2.26. The minimum atomic E-state index is -0.734. The molecule has 0 spiro atoms. The lowest BCUT2D eigenvalue weighted by Crippen LogP contribution is -2.15. The van der Waals surface area contributed by atoms with Crippen LogP contribution in [0.2, 0.25) is 0 Å². The van der Waals surface area contributed by atoms with Gasteiger partial charge in [-0.1, -0.05) is 83.1 Å². The Balaban J connectivity index is 1.54. The van der Waals surface area contributed by atoms with E-state index >= 15 is 0 Å². The Morgan fingerprint density at radius 1 is 0.806 bits per heavy atom. The Hall–Kier alpha value is -1.90. The van der Waals surface area contributed by atoms with Crippen molar-refractivity contribution >= 4 is 0 Å². The maximum Gasteiger partial charge on any atom is 0.166 e. The average Bonchev–Trinajstić information content (AvgIpc) is 2.78. The van der Waals surface area contributed by atoms with Crippen LogP contribution in [0.1, 0.15) is 83.6 Å². The molecule has 0 heterocycles. The summed E-state index contributed by atoms with van der Waals surface area (Å²) in [4.78, 5) is 0. The highest BCUT2D eigenvalue weighted by Gasteiger charge is 2.22. The predicted molar refractivity (Wildman–Crippen MR) is 125 cm³/mol. The molecule has 31 heavy (non-hydrogen) atoms. The number of benzene rings is 2. The normalized spacial score (nSPS) is 18.8. The third-order valence-corrected chi connectivity index (χ3v) is 6.74. The van der Waals surface area contributed by atoms with E-state index in [9.17, 15) is 8.78 Å². The highest BCUT2D eigenvalue weighted by atomic mass is 19.2. The molecule has 0 saturated heterocycles. The summed E-state index contributed by atoms with van der Waals surface area (Å²) in [6.45, 7) is 5.19. The second-order valence-electron chi connectivity index (χ2n) is 9.37. The van der Waals surface area contributed by atoms with Crippen molar-refractivity contribution in [3.05, 3.63) is 53.6 Å².